The van der Waals surface area contributed by atoms with Gasteiger partial charge < -0.3 is 19.3 Å². The minimum atomic E-state index is -0.906. The molecule has 5 heteroatoms. The zero-order valence-corrected chi connectivity index (χ0v) is 13.4. The van der Waals surface area contributed by atoms with Crippen molar-refractivity contribution in [2.75, 3.05) is 21.3 Å². The van der Waals surface area contributed by atoms with Crippen molar-refractivity contribution >= 4 is 5.97 Å². The molecular formula is C18H20O5. The lowest BCUT2D eigenvalue weighted by Crippen LogP contribution is -2.15. The molecular weight excluding hydrogens is 296 g/mol. The van der Waals surface area contributed by atoms with Crippen LogP contribution in [0.2, 0.25) is 0 Å². The van der Waals surface area contributed by atoms with E-state index in [1.165, 1.54) is 7.11 Å². The zero-order valence-electron chi connectivity index (χ0n) is 13.4. The van der Waals surface area contributed by atoms with Gasteiger partial charge in [0.15, 0.2) is 0 Å². The van der Waals surface area contributed by atoms with Gasteiger partial charge in [0.1, 0.15) is 17.2 Å². The van der Waals surface area contributed by atoms with Crippen LogP contribution in [0.5, 0.6) is 17.2 Å². The molecule has 23 heavy (non-hydrogen) atoms. The van der Waals surface area contributed by atoms with Gasteiger partial charge in [0.25, 0.3) is 0 Å². The number of aliphatic carboxylic acids is 1. The summed E-state index contributed by atoms with van der Waals surface area (Å²) < 4.78 is 15.7. The van der Waals surface area contributed by atoms with Crippen LogP contribution in [0.4, 0.5) is 0 Å². The molecule has 0 aromatic heterocycles. The monoisotopic (exact) mass is 316 g/mol. The predicted molar refractivity (Wildman–Crippen MR) is 86.6 cm³/mol. The summed E-state index contributed by atoms with van der Waals surface area (Å²) in [6, 6.07) is 12.6. The van der Waals surface area contributed by atoms with Crippen LogP contribution in [0, 0.1) is 0 Å². The maximum Gasteiger partial charge on any atom is 0.311 e. The van der Waals surface area contributed by atoms with Crippen molar-refractivity contribution in [3.05, 3.63) is 53.6 Å². The third-order valence-corrected chi connectivity index (χ3v) is 3.69. The SMILES string of the molecule is COc1cccc(CC(C(=O)O)c2ccc(OC)cc2OC)c1. The first-order valence-electron chi connectivity index (χ1n) is 7.16. The second-order valence-electron chi connectivity index (χ2n) is 5.05. The molecule has 0 saturated carbocycles. The molecule has 0 heterocycles. The molecule has 122 valence electrons. The fraction of sp³-hybridized carbons (Fsp3) is 0.278. The average Bonchev–Trinajstić information content (AvgIpc) is 2.59. The number of hydrogen-bond acceptors (Lipinski definition) is 4. The molecule has 0 aliphatic rings. The van der Waals surface area contributed by atoms with Crippen molar-refractivity contribution in [1.82, 2.24) is 0 Å². The molecule has 0 aliphatic carbocycles. The zero-order chi connectivity index (χ0) is 16.8. The van der Waals surface area contributed by atoms with Crippen molar-refractivity contribution in [3.8, 4) is 17.2 Å². The number of carboxylic acid groups (broad SMARTS) is 1. The van der Waals surface area contributed by atoms with Crippen molar-refractivity contribution in [3.63, 3.8) is 0 Å². The molecule has 0 fully saturated rings. The first-order chi connectivity index (χ1) is 11.1. The lowest BCUT2D eigenvalue weighted by Gasteiger charge is -2.17. The van der Waals surface area contributed by atoms with E-state index in [9.17, 15) is 9.90 Å². The Hall–Kier alpha value is -2.69. The third kappa shape index (κ3) is 3.94. The summed E-state index contributed by atoms with van der Waals surface area (Å²) in [6.07, 6.45) is 0.342. The minimum Gasteiger partial charge on any atom is -0.497 e. The summed E-state index contributed by atoms with van der Waals surface area (Å²) in [6.45, 7) is 0. The lowest BCUT2D eigenvalue weighted by atomic mass is 9.91. The molecule has 1 N–H and O–H groups in total. The van der Waals surface area contributed by atoms with Gasteiger partial charge in [0, 0.05) is 11.6 Å². The highest BCUT2D eigenvalue weighted by Gasteiger charge is 2.24. The standard InChI is InChI=1S/C18H20O5/c1-21-13-6-4-5-12(9-13)10-16(18(19)20)15-8-7-14(22-2)11-17(15)23-3/h4-9,11,16H,10H2,1-3H3,(H,19,20). The van der Waals surface area contributed by atoms with Gasteiger partial charge in [-0.25, -0.2) is 0 Å². The van der Waals surface area contributed by atoms with E-state index in [2.05, 4.69) is 0 Å². The van der Waals surface area contributed by atoms with Crippen LogP contribution in [0.15, 0.2) is 42.5 Å². The van der Waals surface area contributed by atoms with E-state index in [-0.39, 0.29) is 0 Å². The van der Waals surface area contributed by atoms with E-state index in [0.29, 0.717) is 29.2 Å². The lowest BCUT2D eigenvalue weighted by molar-refractivity contribution is -0.138. The molecule has 1 atom stereocenters. The van der Waals surface area contributed by atoms with E-state index >= 15 is 0 Å². The van der Waals surface area contributed by atoms with Crippen LogP contribution in [0.25, 0.3) is 0 Å². The highest BCUT2D eigenvalue weighted by Crippen LogP contribution is 2.33. The fourth-order valence-electron chi connectivity index (χ4n) is 2.47. The average molecular weight is 316 g/mol. The molecule has 1 unspecified atom stereocenters. The highest BCUT2D eigenvalue weighted by molar-refractivity contribution is 5.78. The molecule has 0 spiro atoms. The Morgan fingerprint density at radius 1 is 1.00 bits per heavy atom. The van der Waals surface area contributed by atoms with Crippen LogP contribution in [0.1, 0.15) is 17.0 Å². The maximum absolute atomic E-state index is 11.8. The number of carboxylic acids is 1. The van der Waals surface area contributed by atoms with E-state index in [4.69, 9.17) is 14.2 Å². The van der Waals surface area contributed by atoms with E-state index in [1.807, 2.05) is 24.3 Å². The molecule has 0 amide bonds. The van der Waals surface area contributed by atoms with Crippen molar-refractivity contribution in [2.45, 2.75) is 12.3 Å². The Bertz CT molecular complexity index is 681. The number of ether oxygens (including phenoxy) is 3. The number of rotatable bonds is 7. The molecule has 2 aromatic carbocycles. The van der Waals surface area contributed by atoms with Crippen LogP contribution >= 0.6 is 0 Å². The van der Waals surface area contributed by atoms with Crippen LogP contribution in [-0.2, 0) is 11.2 Å². The Labute approximate surface area is 135 Å². The summed E-state index contributed by atoms with van der Waals surface area (Å²) in [5.41, 5.74) is 1.50. The Morgan fingerprint density at radius 2 is 1.70 bits per heavy atom. The first-order valence-corrected chi connectivity index (χ1v) is 7.16. The number of hydrogen-bond donors (Lipinski definition) is 1. The van der Waals surface area contributed by atoms with Gasteiger partial charge in [0.2, 0.25) is 0 Å². The Balaban J connectivity index is 2.36. The Morgan fingerprint density at radius 3 is 2.30 bits per heavy atom. The van der Waals surface area contributed by atoms with Gasteiger partial charge >= 0.3 is 5.97 Å². The van der Waals surface area contributed by atoms with Crippen molar-refractivity contribution in [1.29, 1.82) is 0 Å². The molecule has 0 aliphatic heterocycles. The smallest absolute Gasteiger partial charge is 0.311 e. The van der Waals surface area contributed by atoms with Crippen LogP contribution in [-0.4, -0.2) is 32.4 Å². The second-order valence-corrected chi connectivity index (χ2v) is 5.05. The summed E-state index contributed by atoms with van der Waals surface area (Å²) in [5.74, 6) is 0.198. The molecule has 0 bridgehead atoms. The van der Waals surface area contributed by atoms with Crippen LogP contribution < -0.4 is 14.2 Å². The molecule has 5 nitrogen and oxygen atoms in total. The minimum absolute atomic E-state index is 0.342. The topological polar surface area (TPSA) is 65.0 Å². The third-order valence-electron chi connectivity index (χ3n) is 3.69. The maximum atomic E-state index is 11.8. The van der Waals surface area contributed by atoms with Gasteiger partial charge in [0.05, 0.1) is 27.2 Å². The second kappa shape index (κ2) is 7.54. The van der Waals surface area contributed by atoms with E-state index < -0.39 is 11.9 Å². The quantitative estimate of drug-likeness (QED) is 0.850. The number of benzene rings is 2. The van der Waals surface area contributed by atoms with Gasteiger partial charge in [-0.3, -0.25) is 4.79 Å². The van der Waals surface area contributed by atoms with Gasteiger partial charge in [-0.05, 0) is 30.2 Å². The fourth-order valence-corrected chi connectivity index (χ4v) is 2.47. The Kier molecular flexibility index (Phi) is 5.46. The molecule has 0 saturated heterocycles. The normalized spacial score (nSPS) is 11.6. The molecule has 2 rings (SSSR count). The first kappa shape index (κ1) is 16.7. The number of methoxy groups -OCH3 is 3. The van der Waals surface area contributed by atoms with Gasteiger partial charge in [-0.2, -0.15) is 0 Å². The summed E-state index contributed by atoms with van der Waals surface area (Å²) >= 11 is 0. The largest absolute Gasteiger partial charge is 0.497 e. The summed E-state index contributed by atoms with van der Waals surface area (Å²) in [4.78, 5) is 11.8. The molecule has 0 radical (unpaired) electrons. The van der Waals surface area contributed by atoms with Crippen molar-refractivity contribution in [2.24, 2.45) is 0 Å². The van der Waals surface area contributed by atoms with Crippen molar-refractivity contribution < 1.29 is 24.1 Å². The number of carbonyl (C=O) groups is 1. The van der Waals surface area contributed by atoms with E-state index in [1.54, 1.807) is 32.4 Å². The molecule has 2 aromatic rings. The van der Waals surface area contributed by atoms with E-state index in [0.717, 1.165) is 5.56 Å². The van der Waals surface area contributed by atoms with Gasteiger partial charge in [-0.15, -0.1) is 0 Å². The van der Waals surface area contributed by atoms with Gasteiger partial charge in [-0.1, -0.05) is 18.2 Å². The summed E-state index contributed by atoms with van der Waals surface area (Å²) in [7, 11) is 4.66. The highest BCUT2D eigenvalue weighted by atomic mass is 16.5. The predicted octanol–water partition coefficient (Wildman–Crippen LogP) is 3.12. The summed E-state index contributed by atoms with van der Waals surface area (Å²) in [5, 5.41) is 9.64. The van der Waals surface area contributed by atoms with Crippen LogP contribution in [0.3, 0.4) is 0 Å².